The summed E-state index contributed by atoms with van der Waals surface area (Å²) in [5, 5.41) is 4.08. The van der Waals surface area contributed by atoms with E-state index in [2.05, 4.69) is 31.8 Å². The van der Waals surface area contributed by atoms with Crippen molar-refractivity contribution in [2.45, 2.75) is 25.6 Å². The minimum Gasteiger partial charge on any atom is -0.304 e. The van der Waals surface area contributed by atoms with Crippen LogP contribution < -0.4 is 5.32 Å². The smallest absolute Gasteiger partial charge is 0.0622 e. The molecule has 2 atom stereocenters. The Labute approximate surface area is 73.6 Å². The molecule has 1 aliphatic heterocycles. The van der Waals surface area contributed by atoms with Gasteiger partial charge in [-0.1, -0.05) is 19.9 Å². The summed E-state index contributed by atoms with van der Waals surface area (Å²) in [5.41, 5.74) is 0.279. The summed E-state index contributed by atoms with van der Waals surface area (Å²) in [6, 6.07) is 0. The normalized spacial score (nSPS) is 29.8. The SMILES string of the molecule is C=CC(C)(CC)C1NCCS1. The average Bonchev–Trinajstić information content (AvgIpc) is 2.55. The highest BCUT2D eigenvalue weighted by Gasteiger charge is 2.31. The fourth-order valence-corrected chi connectivity index (χ4v) is 2.64. The Morgan fingerprint density at radius 3 is 2.91 bits per heavy atom. The Kier molecular flexibility index (Phi) is 3.02. The Morgan fingerprint density at radius 2 is 2.55 bits per heavy atom. The van der Waals surface area contributed by atoms with Crippen LogP contribution in [-0.2, 0) is 0 Å². The predicted octanol–water partition coefficient (Wildman–Crippen LogP) is 2.25. The summed E-state index contributed by atoms with van der Waals surface area (Å²) in [7, 11) is 0. The third-order valence-electron chi connectivity index (χ3n) is 2.54. The Bertz CT molecular complexity index is 140. The highest BCUT2D eigenvalue weighted by Crippen LogP contribution is 2.35. The molecule has 0 aliphatic carbocycles. The molecule has 1 aliphatic rings. The van der Waals surface area contributed by atoms with Gasteiger partial charge in [0.05, 0.1) is 5.37 Å². The van der Waals surface area contributed by atoms with Crippen LogP contribution in [0.3, 0.4) is 0 Å². The van der Waals surface area contributed by atoms with E-state index >= 15 is 0 Å². The van der Waals surface area contributed by atoms with Crippen molar-refractivity contribution in [2.24, 2.45) is 5.41 Å². The molecule has 0 aromatic rings. The first-order chi connectivity index (χ1) is 5.23. The molecule has 0 spiro atoms. The molecule has 1 fully saturated rings. The van der Waals surface area contributed by atoms with Crippen LogP contribution in [0.5, 0.6) is 0 Å². The maximum absolute atomic E-state index is 3.89. The van der Waals surface area contributed by atoms with Gasteiger partial charge in [-0.15, -0.1) is 18.3 Å². The quantitative estimate of drug-likeness (QED) is 0.654. The molecular formula is C9H17NS. The van der Waals surface area contributed by atoms with Gasteiger partial charge in [-0.05, 0) is 6.42 Å². The van der Waals surface area contributed by atoms with Crippen molar-refractivity contribution in [3.63, 3.8) is 0 Å². The molecule has 0 radical (unpaired) electrons. The molecule has 0 aromatic carbocycles. The minimum absolute atomic E-state index is 0.279. The van der Waals surface area contributed by atoms with Gasteiger partial charge in [-0.2, -0.15) is 0 Å². The standard InChI is InChI=1S/C9H17NS/c1-4-9(3,5-2)8-10-6-7-11-8/h4,8,10H,1,5-7H2,2-3H3. The van der Waals surface area contributed by atoms with Crippen LogP contribution in [0.25, 0.3) is 0 Å². The van der Waals surface area contributed by atoms with Crippen molar-refractivity contribution in [3.8, 4) is 0 Å². The first-order valence-electron chi connectivity index (χ1n) is 4.21. The van der Waals surface area contributed by atoms with Crippen LogP contribution in [-0.4, -0.2) is 17.7 Å². The Hall–Kier alpha value is 0.0500. The van der Waals surface area contributed by atoms with E-state index in [1.54, 1.807) is 0 Å². The molecule has 1 N–H and O–H groups in total. The van der Waals surface area contributed by atoms with Crippen LogP contribution in [0.4, 0.5) is 0 Å². The zero-order valence-electron chi connectivity index (χ0n) is 7.39. The first-order valence-corrected chi connectivity index (χ1v) is 5.26. The van der Waals surface area contributed by atoms with Gasteiger partial charge in [0.25, 0.3) is 0 Å². The van der Waals surface area contributed by atoms with Crippen LogP contribution in [0.15, 0.2) is 12.7 Å². The van der Waals surface area contributed by atoms with E-state index < -0.39 is 0 Å². The van der Waals surface area contributed by atoms with Gasteiger partial charge in [-0.3, -0.25) is 0 Å². The lowest BCUT2D eigenvalue weighted by Gasteiger charge is -2.30. The summed E-state index contributed by atoms with van der Waals surface area (Å²) in [6.07, 6.45) is 3.25. The van der Waals surface area contributed by atoms with Crippen LogP contribution >= 0.6 is 11.8 Å². The van der Waals surface area contributed by atoms with E-state index in [-0.39, 0.29) is 5.41 Å². The molecule has 0 aromatic heterocycles. The van der Waals surface area contributed by atoms with E-state index in [0.717, 1.165) is 6.54 Å². The van der Waals surface area contributed by atoms with E-state index in [4.69, 9.17) is 0 Å². The van der Waals surface area contributed by atoms with E-state index in [0.29, 0.717) is 5.37 Å². The third kappa shape index (κ3) is 1.79. The lowest BCUT2D eigenvalue weighted by atomic mass is 9.87. The van der Waals surface area contributed by atoms with Crippen LogP contribution in [0.2, 0.25) is 0 Å². The highest BCUT2D eigenvalue weighted by molar-refractivity contribution is 8.00. The van der Waals surface area contributed by atoms with Gasteiger partial charge in [0.15, 0.2) is 0 Å². The van der Waals surface area contributed by atoms with Crippen LogP contribution in [0, 0.1) is 5.41 Å². The lowest BCUT2D eigenvalue weighted by Crippen LogP contribution is -2.35. The van der Waals surface area contributed by atoms with E-state index in [1.807, 2.05) is 11.8 Å². The van der Waals surface area contributed by atoms with Crippen molar-refractivity contribution in [1.82, 2.24) is 5.32 Å². The van der Waals surface area contributed by atoms with Gasteiger partial charge in [0.1, 0.15) is 0 Å². The topological polar surface area (TPSA) is 12.0 Å². The molecule has 0 amide bonds. The zero-order valence-corrected chi connectivity index (χ0v) is 8.21. The first kappa shape index (κ1) is 9.14. The molecule has 11 heavy (non-hydrogen) atoms. The summed E-state index contributed by atoms with van der Waals surface area (Å²) < 4.78 is 0. The minimum atomic E-state index is 0.279. The van der Waals surface area contributed by atoms with Gasteiger partial charge in [0.2, 0.25) is 0 Å². The molecule has 2 heteroatoms. The lowest BCUT2D eigenvalue weighted by molar-refractivity contribution is 0.365. The number of thioether (sulfide) groups is 1. The van der Waals surface area contributed by atoms with E-state index in [9.17, 15) is 0 Å². The molecule has 1 heterocycles. The third-order valence-corrected chi connectivity index (χ3v) is 4.02. The molecule has 2 unspecified atom stereocenters. The van der Waals surface area contributed by atoms with Crippen LogP contribution in [0.1, 0.15) is 20.3 Å². The number of rotatable bonds is 3. The molecule has 64 valence electrons. The molecule has 1 nitrogen and oxygen atoms in total. The fraction of sp³-hybridized carbons (Fsp3) is 0.778. The second-order valence-corrected chi connectivity index (χ2v) is 4.48. The van der Waals surface area contributed by atoms with Gasteiger partial charge in [0, 0.05) is 17.7 Å². The van der Waals surface area contributed by atoms with Crippen molar-refractivity contribution in [3.05, 3.63) is 12.7 Å². The molecule has 0 bridgehead atoms. The Morgan fingerprint density at radius 1 is 1.82 bits per heavy atom. The van der Waals surface area contributed by atoms with Gasteiger partial charge in [-0.25, -0.2) is 0 Å². The average molecular weight is 171 g/mol. The molecule has 1 rings (SSSR count). The maximum atomic E-state index is 3.89. The summed E-state index contributed by atoms with van der Waals surface area (Å²) in [5.74, 6) is 1.24. The molecule has 1 saturated heterocycles. The van der Waals surface area contributed by atoms with Crippen molar-refractivity contribution in [2.75, 3.05) is 12.3 Å². The molecule has 0 saturated carbocycles. The number of hydrogen-bond donors (Lipinski definition) is 1. The second kappa shape index (κ2) is 3.63. The van der Waals surface area contributed by atoms with Gasteiger partial charge < -0.3 is 5.32 Å². The fourth-order valence-electron chi connectivity index (χ4n) is 1.29. The summed E-state index contributed by atoms with van der Waals surface area (Å²) >= 11 is 2.02. The largest absolute Gasteiger partial charge is 0.304 e. The zero-order chi connectivity index (χ0) is 8.32. The highest BCUT2D eigenvalue weighted by atomic mass is 32.2. The number of nitrogens with one attached hydrogen (secondary N) is 1. The predicted molar refractivity (Wildman–Crippen MR) is 52.8 cm³/mol. The number of hydrogen-bond acceptors (Lipinski definition) is 2. The Balaban J connectivity index is 2.59. The molecular weight excluding hydrogens is 154 g/mol. The van der Waals surface area contributed by atoms with E-state index in [1.165, 1.54) is 12.2 Å². The van der Waals surface area contributed by atoms with Crippen molar-refractivity contribution >= 4 is 11.8 Å². The van der Waals surface area contributed by atoms with Gasteiger partial charge >= 0.3 is 0 Å². The second-order valence-electron chi connectivity index (χ2n) is 3.27. The van der Waals surface area contributed by atoms with Crippen molar-refractivity contribution < 1.29 is 0 Å². The summed E-state index contributed by atoms with van der Waals surface area (Å²) in [4.78, 5) is 0. The maximum Gasteiger partial charge on any atom is 0.0622 e. The monoisotopic (exact) mass is 171 g/mol. The van der Waals surface area contributed by atoms with Crippen molar-refractivity contribution in [1.29, 1.82) is 0 Å². The summed E-state index contributed by atoms with van der Waals surface area (Å²) in [6.45, 7) is 9.54.